The van der Waals surface area contributed by atoms with Crippen LogP contribution in [0.3, 0.4) is 0 Å². The van der Waals surface area contributed by atoms with Crippen LogP contribution in [0.25, 0.3) is 0 Å². The highest BCUT2D eigenvalue weighted by Gasteiger charge is 2.33. The maximum atomic E-state index is 11.7. The summed E-state index contributed by atoms with van der Waals surface area (Å²) in [5.74, 6) is 0.205. The third kappa shape index (κ3) is 3.60. The van der Waals surface area contributed by atoms with Gasteiger partial charge in [0.1, 0.15) is 11.6 Å². The zero-order valence-electron chi connectivity index (χ0n) is 16.3. The molecule has 0 radical (unpaired) electrons. The van der Waals surface area contributed by atoms with Crippen LogP contribution in [0.15, 0.2) is 40.2 Å². The first-order chi connectivity index (χ1) is 14.4. The van der Waals surface area contributed by atoms with E-state index in [-0.39, 0.29) is 29.4 Å². The van der Waals surface area contributed by atoms with Gasteiger partial charge in [-0.3, -0.25) is 4.79 Å². The van der Waals surface area contributed by atoms with E-state index in [2.05, 4.69) is 27.3 Å². The summed E-state index contributed by atoms with van der Waals surface area (Å²) < 4.78 is 17.1. The lowest BCUT2D eigenvalue weighted by molar-refractivity contribution is -0.114. The largest absolute Gasteiger partial charge is 0.493 e. The Kier molecular flexibility index (Phi) is 6.05. The summed E-state index contributed by atoms with van der Waals surface area (Å²) in [5, 5.41) is 12.4. The molecule has 1 heterocycles. The number of fused-ring (bicyclic) bond motifs is 1. The van der Waals surface area contributed by atoms with E-state index in [1.165, 1.54) is 14.2 Å². The molecular weight excluding hydrogens is 454 g/mol. The number of nitrogens with two attached hydrogens (primary N) is 3. The second-order valence-corrected chi connectivity index (χ2v) is 7.21. The molecule has 0 aliphatic carbocycles. The molecule has 0 unspecified atom stereocenters. The van der Waals surface area contributed by atoms with Crippen LogP contribution < -0.4 is 36.7 Å². The molecule has 30 heavy (non-hydrogen) atoms. The van der Waals surface area contributed by atoms with Crippen molar-refractivity contribution in [3.63, 3.8) is 0 Å². The van der Waals surface area contributed by atoms with Crippen molar-refractivity contribution in [3.05, 3.63) is 51.3 Å². The quantitative estimate of drug-likeness (QED) is 0.480. The van der Waals surface area contributed by atoms with Crippen molar-refractivity contribution in [2.24, 2.45) is 11.5 Å². The molecule has 10 heteroatoms. The molecule has 1 aliphatic rings. The van der Waals surface area contributed by atoms with Gasteiger partial charge in [0.15, 0.2) is 17.2 Å². The van der Waals surface area contributed by atoms with Gasteiger partial charge in [-0.15, -0.1) is 0 Å². The lowest BCUT2D eigenvalue weighted by atomic mass is 9.83. The van der Waals surface area contributed by atoms with E-state index in [9.17, 15) is 10.1 Å². The van der Waals surface area contributed by atoms with Crippen molar-refractivity contribution in [1.82, 2.24) is 0 Å². The number of amides is 1. The average molecular weight is 474 g/mol. The maximum absolute atomic E-state index is 11.7. The van der Waals surface area contributed by atoms with Crippen LogP contribution >= 0.6 is 15.9 Å². The van der Waals surface area contributed by atoms with E-state index in [0.717, 1.165) is 0 Å². The van der Waals surface area contributed by atoms with Crippen LogP contribution in [-0.4, -0.2) is 26.7 Å². The van der Waals surface area contributed by atoms with Crippen LogP contribution in [0, 0.1) is 11.3 Å². The van der Waals surface area contributed by atoms with Gasteiger partial charge < -0.3 is 36.7 Å². The Morgan fingerprint density at radius 1 is 1.30 bits per heavy atom. The first-order valence-corrected chi connectivity index (χ1v) is 9.56. The van der Waals surface area contributed by atoms with Gasteiger partial charge in [0, 0.05) is 5.56 Å². The molecular formula is C20H20BrN5O4. The van der Waals surface area contributed by atoms with Crippen molar-refractivity contribution in [1.29, 1.82) is 5.26 Å². The fraction of sp³-hybridized carbons (Fsp3) is 0.200. The summed E-state index contributed by atoms with van der Waals surface area (Å²) in [6.07, 6.45) is 0. The van der Waals surface area contributed by atoms with Crippen LogP contribution in [0.1, 0.15) is 17.0 Å². The number of nitrogen functional groups attached to an aromatic ring is 1. The molecule has 2 aromatic rings. The summed E-state index contributed by atoms with van der Waals surface area (Å²) in [6.45, 7) is -0.194. The summed E-state index contributed by atoms with van der Waals surface area (Å²) in [5.41, 5.74) is 19.7. The van der Waals surface area contributed by atoms with Crippen molar-refractivity contribution in [2.45, 2.75) is 5.92 Å². The van der Waals surface area contributed by atoms with Crippen LogP contribution in [-0.2, 0) is 4.79 Å². The highest BCUT2D eigenvalue weighted by Crippen LogP contribution is 2.49. The van der Waals surface area contributed by atoms with Crippen LogP contribution in [0.4, 0.5) is 11.4 Å². The van der Waals surface area contributed by atoms with Crippen molar-refractivity contribution < 1.29 is 19.0 Å². The van der Waals surface area contributed by atoms with Gasteiger partial charge in [0.05, 0.1) is 42.5 Å². The number of nitriles is 1. The fourth-order valence-electron chi connectivity index (χ4n) is 3.30. The molecule has 0 fully saturated rings. The number of nitrogens with one attached hydrogen (secondary N) is 1. The highest BCUT2D eigenvalue weighted by atomic mass is 79.9. The fourth-order valence-corrected chi connectivity index (χ4v) is 3.92. The number of ether oxygens (including phenoxy) is 3. The molecule has 0 spiro atoms. The summed E-state index contributed by atoms with van der Waals surface area (Å²) in [6, 6.07) is 9.04. The zero-order valence-corrected chi connectivity index (χ0v) is 17.9. The number of nitrogens with zero attached hydrogens (tertiary/aromatic N) is 1. The van der Waals surface area contributed by atoms with Gasteiger partial charge in [0.25, 0.3) is 0 Å². The SMILES string of the molecule is COc1cc([C@H]2C(C#N)=C(N)Oc3c2ccc(NC(=O)CN)c3N)cc(Br)c1OC. The van der Waals surface area contributed by atoms with Crippen molar-refractivity contribution >= 4 is 33.2 Å². The van der Waals surface area contributed by atoms with E-state index in [1.807, 2.05) is 6.07 Å². The Morgan fingerprint density at radius 3 is 2.63 bits per heavy atom. The lowest BCUT2D eigenvalue weighted by Crippen LogP contribution is -2.24. The number of anilines is 2. The monoisotopic (exact) mass is 473 g/mol. The Labute approximate surface area is 181 Å². The molecule has 0 bridgehead atoms. The number of carbonyl (C=O) groups is 1. The van der Waals surface area contributed by atoms with Gasteiger partial charge in [-0.05, 0) is 39.7 Å². The Morgan fingerprint density at radius 2 is 2.03 bits per heavy atom. The Hall–Kier alpha value is -3.42. The third-order valence-electron chi connectivity index (χ3n) is 4.67. The highest BCUT2D eigenvalue weighted by molar-refractivity contribution is 9.10. The molecule has 9 nitrogen and oxygen atoms in total. The second kappa shape index (κ2) is 8.52. The number of methoxy groups -OCH3 is 2. The Bertz CT molecular complexity index is 1090. The van der Waals surface area contributed by atoms with Crippen LogP contribution in [0.2, 0.25) is 0 Å². The minimum atomic E-state index is -0.573. The number of hydrogen-bond donors (Lipinski definition) is 4. The number of benzene rings is 2. The number of carbonyl (C=O) groups excluding carboxylic acids is 1. The summed E-state index contributed by atoms with van der Waals surface area (Å²) in [7, 11) is 3.05. The standard InChI is InChI=1S/C20H20BrN5O4/c1-28-14-6-9(5-12(21)19(14)29-2)16-10-3-4-13(26-15(27)8-23)17(24)18(10)30-20(25)11(16)7-22/h3-6,16H,8,23-25H2,1-2H3,(H,26,27)/t16-/m1/s1. The molecule has 7 N–H and O–H groups in total. The number of halogens is 1. The van der Waals surface area contributed by atoms with E-state index in [0.29, 0.717) is 32.8 Å². The molecule has 0 aromatic heterocycles. The van der Waals surface area contributed by atoms with Gasteiger partial charge in [0.2, 0.25) is 11.8 Å². The minimum Gasteiger partial charge on any atom is -0.493 e. The number of hydrogen-bond acceptors (Lipinski definition) is 8. The van der Waals surface area contributed by atoms with Crippen molar-refractivity contribution in [3.8, 4) is 23.3 Å². The van der Waals surface area contributed by atoms with Gasteiger partial charge in [-0.2, -0.15) is 5.26 Å². The zero-order chi connectivity index (χ0) is 22.0. The topological polar surface area (TPSA) is 159 Å². The molecule has 156 valence electrons. The predicted molar refractivity (Wildman–Crippen MR) is 115 cm³/mol. The smallest absolute Gasteiger partial charge is 0.238 e. The molecule has 0 saturated heterocycles. The summed E-state index contributed by atoms with van der Waals surface area (Å²) in [4.78, 5) is 11.7. The third-order valence-corrected chi connectivity index (χ3v) is 5.26. The molecule has 2 aromatic carbocycles. The normalized spacial score (nSPS) is 15.0. The molecule has 1 aliphatic heterocycles. The second-order valence-electron chi connectivity index (χ2n) is 6.36. The van der Waals surface area contributed by atoms with E-state index in [4.69, 9.17) is 31.4 Å². The van der Waals surface area contributed by atoms with Crippen LogP contribution in [0.5, 0.6) is 17.2 Å². The number of allylic oxidation sites excluding steroid dienone is 1. The lowest BCUT2D eigenvalue weighted by Gasteiger charge is -2.28. The van der Waals surface area contributed by atoms with Gasteiger partial charge >= 0.3 is 0 Å². The maximum Gasteiger partial charge on any atom is 0.238 e. The van der Waals surface area contributed by atoms with Gasteiger partial charge in [-0.1, -0.05) is 6.07 Å². The molecule has 3 rings (SSSR count). The molecule has 1 atom stereocenters. The minimum absolute atomic E-state index is 0.0742. The average Bonchev–Trinajstić information content (AvgIpc) is 2.74. The van der Waals surface area contributed by atoms with E-state index < -0.39 is 11.8 Å². The molecule has 1 amide bonds. The first kappa shape index (κ1) is 21.3. The van der Waals surface area contributed by atoms with E-state index >= 15 is 0 Å². The predicted octanol–water partition coefficient (Wildman–Crippen LogP) is 2.16. The van der Waals surface area contributed by atoms with E-state index in [1.54, 1.807) is 18.2 Å². The Balaban J connectivity index is 2.21. The first-order valence-electron chi connectivity index (χ1n) is 8.77. The number of rotatable bonds is 5. The van der Waals surface area contributed by atoms with Crippen molar-refractivity contribution in [2.75, 3.05) is 31.8 Å². The van der Waals surface area contributed by atoms with Gasteiger partial charge in [-0.25, -0.2) is 0 Å². The summed E-state index contributed by atoms with van der Waals surface area (Å²) >= 11 is 3.47. The molecule has 0 saturated carbocycles.